The molecule has 0 unspecified atom stereocenters. The summed E-state index contributed by atoms with van der Waals surface area (Å²) in [6.07, 6.45) is 0. The molecule has 1 amide bonds. The molecule has 21 heavy (non-hydrogen) atoms. The first-order valence-electron chi connectivity index (χ1n) is 6.51. The topological polar surface area (TPSA) is 40.5 Å². The van der Waals surface area contributed by atoms with Crippen molar-refractivity contribution in [2.45, 2.75) is 6.54 Å². The maximum absolute atomic E-state index is 13.9. The molecule has 3 nitrogen and oxygen atoms in total. The average Bonchev–Trinajstić information content (AvgIpc) is 2.50. The van der Waals surface area contributed by atoms with Crippen LogP contribution >= 0.6 is 11.6 Å². The molecule has 0 aliphatic heterocycles. The average molecular weight is 308 g/mol. The van der Waals surface area contributed by atoms with E-state index in [4.69, 9.17) is 16.7 Å². The van der Waals surface area contributed by atoms with Gasteiger partial charge in [-0.15, -0.1) is 0 Å². The predicted molar refractivity (Wildman–Crippen MR) is 79.7 cm³/mol. The minimum Gasteiger partial charge on any atom is -0.395 e. The van der Waals surface area contributed by atoms with Crippen LogP contribution in [0, 0.1) is 5.82 Å². The number of hydrogen-bond acceptors (Lipinski definition) is 2. The van der Waals surface area contributed by atoms with E-state index in [-0.39, 0.29) is 23.7 Å². The van der Waals surface area contributed by atoms with Gasteiger partial charge in [0.15, 0.2) is 5.82 Å². The summed E-state index contributed by atoms with van der Waals surface area (Å²) >= 11 is 5.70. The third-order valence-electron chi connectivity index (χ3n) is 3.06. The number of carbonyl (C=O) groups excluding carboxylic acids is 1. The van der Waals surface area contributed by atoms with Crippen molar-refractivity contribution in [2.24, 2.45) is 0 Å². The van der Waals surface area contributed by atoms with Gasteiger partial charge in [0.05, 0.1) is 17.2 Å². The minimum atomic E-state index is -0.736. The second-order valence-corrected chi connectivity index (χ2v) is 4.94. The van der Waals surface area contributed by atoms with E-state index in [0.29, 0.717) is 6.54 Å². The van der Waals surface area contributed by atoms with Crippen molar-refractivity contribution in [3.05, 3.63) is 70.5 Å². The van der Waals surface area contributed by atoms with Crippen LogP contribution < -0.4 is 0 Å². The molecule has 0 bridgehead atoms. The van der Waals surface area contributed by atoms with Crippen LogP contribution in [0.15, 0.2) is 48.5 Å². The Bertz CT molecular complexity index is 619. The fraction of sp³-hybridized carbons (Fsp3) is 0.188. The molecule has 0 fully saturated rings. The monoisotopic (exact) mass is 307 g/mol. The Morgan fingerprint density at radius 2 is 1.86 bits per heavy atom. The standard InChI is InChI=1S/C16H15ClFNO2/c17-14-8-4-7-13(15(14)18)16(21)19(9-10-20)11-12-5-2-1-3-6-12/h1-8,20H,9-11H2. The molecule has 0 saturated carbocycles. The fourth-order valence-corrected chi connectivity index (χ4v) is 2.19. The molecule has 0 aromatic heterocycles. The molecular weight excluding hydrogens is 293 g/mol. The van der Waals surface area contributed by atoms with Crippen molar-refractivity contribution in [3.8, 4) is 0 Å². The maximum Gasteiger partial charge on any atom is 0.257 e. The second kappa shape index (κ2) is 7.20. The van der Waals surface area contributed by atoms with Gasteiger partial charge in [-0.3, -0.25) is 4.79 Å². The molecular formula is C16H15ClFNO2. The number of rotatable bonds is 5. The Labute approximate surface area is 127 Å². The molecule has 2 rings (SSSR count). The lowest BCUT2D eigenvalue weighted by Gasteiger charge is -2.22. The molecule has 0 saturated heterocycles. The molecule has 0 atom stereocenters. The van der Waals surface area contributed by atoms with Crippen molar-refractivity contribution >= 4 is 17.5 Å². The predicted octanol–water partition coefficient (Wildman–Crippen LogP) is 3.11. The largest absolute Gasteiger partial charge is 0.395 e. The van der Waals surface area contributed by atoms with Gasteiger partial charge in [0.1, 0.15) is 0 Å². The molecule has 5 heteroatoms. The van der Waals surface area contributed by atoms with Gasteiger partial charge in [-0.05, 0) is 17.7 Å². The highest BCUT2D eigenvalue weighted by atomic mass is 35.5. The van der Waals surface area contributed by atoms with Gasteiger partial charge in [0, 0.05) is 13.1 Å². The van der Waals surface area contributed by atoms with Crippen LogP contribution in [0.4, 0.5) is 4.39 Å². The number of nitrogens with zero attached hydrogens (tertiary/aromatic N) is 1. The van der Waals surface area contributed by atoms with E-state index >= 15 is 0 Å². The van der Waals surface area contributed by atoms with Crippen LogP contribution in [0.5, 0.6) is 0 Å². The number of hydrogen-bond donors (Lipinski definition) is 1. The van der Waals surface area contributed by atoms with Crippen molar-refractivity contribution in [2.75, 3.05) is 13.2 Å². The van der Waals surface area contributed by atoms with E-state index in [1.165, 1.54) is 23.1 Å². The van der Waals surface area contributed by atoms with Gasteiger partial charge in [-0.2, -0.15) is 0 Å². The number of benzene rings is 2. The molecule has 2 aromatic rings. The lowest BCUT2D eigenvalue weighted by atomic mass is 10.1. The number of amides is 1. The van der Waals surface area contributed by atoms with Crippen molar-refractivity contribution < 1.29 is 14.3 Å². The maximum atomic E-state index is 13.9. The summed E-state index contributed by atoms with van der Waals surface area (Å²) in [4.78, 5) is 13.8. The van der Waals surface area contributed by atoms with E-state index in [9.17, 15) is 9.18 Å². The van der Waals surface area contributed by atoms with Crippen LogP contribution in [-0.4, -0.2) is 29.1 Å². The van der Waals surface area contributed by atoms with Crippen LogP contribution in [0.2, 0.25) is 5.02 Å². The van der Waals surface area contributed by atoms with E-state index < -0.39 is 11.7 Å². The van der Waals surface area contributed by atoms with Gasteiger partial charge in [0.2, 0.25) is 0 Å². The first kappa shape index (κ1) is 15.5. The van der Waals surface area contributed by atoms with Crippen LogP contribution in [0.25, 0.3) is 0 Å². The Hall–Kier alpha value is -1.91. The van der Waals surface area contributed by atoms with E-state index in [0.717, 1.165) is 5.56 Å². The van der Waals surface area contributed by atoms with Crippen molar-refractivity contribution in [1.29, 1.82) is 0 Å². The SMILES string of the molecule is O=C(c1cccc(Cl)c1F)N(CCO)Cc1ccccc1. The lowest BCUT2D eigenvalue weighted by Crippen LogP contribution is -2.33. The Kier molecular flexibility index (Phi) is 5.31. The smallest absolute Gasteiger partial charge is 0.257 e. The normalized spacial score (nSPS) is 10.4. The van der Waals surface area contributed by atoms with Crippen LogP contribution in [0.1, 0.15) is 15.9 Å². The number of aliphatic hydroxyl groups excluding tert-OH is 1. The summed E-state index contributed by atoms with van der Waals surface area (Å²) in [5.41, 5.74) is 0.814. The fourth-order valence-electron chi connectivity index (χ4n) is 2.02. The number of aliphatic hydroxyl groups is 1. The van der Waals surface area contributed by atoms with Gasteiger partial charge >= 0.3 is 0 Å². The highest BCUT2D eigenvalue weighted by Gasteiger charge is 2.20. The zero-order chi connectivity index (χ0) is 15.2. The molecule has 0 radical (unpaired) electrons. The zero-order valence-corrected chi connectivity index (χ0v) is 12.1. The molecule has 0 spiro atoms. The molecule has 110 valence electrons. The van der Waals surface area contributed by atoms with Crippen LogP contribution in [-0.2, 0) is 6.54 Å². The van der Waals surface area contributed by atoms with Gasteiger partial charge in [0.25, 0.3) is 5.91 Å². The quantitative estimate of drug-likeness (QED) is 0.922. The Morgan fingerprint density at radius 3 is 2.52 bits per heavy atom. The van der Waals surface area contributed by atoms with Gasteiger partial charge < -0.3 is 10.0 Å². The molecule has 2 aromatic carbocycles. The number of carbonyl (C=O) groups is 1. The molecule has 0 aliphatic rings. The third kappa shape index (κ3) is 3.80. The van der Waals surface area contributed by atoms with Gasteiger partial charge in [-0.25, -0.2) is 4.39 Å². The first-order chi connectivity index (χ1) is 10.1. The summed E-state index contributed by atoms with van der Waals surface area (Å²) in [6.45, 7) is 0.229. The van der Waals surface area contributed by atoms with Gasteiger partial charge in [-0.1, -0.05) is 48.0 Å². The third-order valence-corrected chi connectivity index (χ3v) is 3.35. The second-order valence-electron chi connectivity index (χ2n) is 4.54. The molecule has 0 aliphatic carbocycles. The molecule has 0 heterocycles. The number of halogens is 2. The van der Waals surface area contributed by atoms with Crippen LogP contribution in [0.3, 0.4) is 0 Å². The Balaban J connectivity index is 2.25. The summed E-state index contributed by atoms with van der Waals surface area (Å²) in [7, 11) is 0. The van der Waals surface area contributed by atoms with Crippen molar-refractivity contribution in [3.63, 3.8) is 0 Å². The van der Waals surface area contributed by atoms with E-state index in [1.807, 2.05) is 30.3 Å². The Morgan fingerprint density at radius 1 is 1.14 bits per heavy atom. The lowest BCUT2D eigenvalue weighted by molar-refractivity contribution is 0.0703. The summed E-state index contributed by atoms with van der Waals surface area (Å²) in [5, 5.41) is 9.03. The minimum absolute atomic E-state index is 0.0909. The highest BCUT2D eigenvalue weighted by molar-refractivity contribution is 6.31. The van der Waals surface area contributed by atoms with Crippen molar-refractivity contribution in [1.82, 2.24) is 4.90 Å². The van der Waals surface area contributed by atoms with E-state index in [2.05, 4.69) is 0 Å². The van der Waals surface area contributed by atoms with E-state index in [1.54, 1.807) is 0 Å². The zero-order valence-electron chi connectivity index (χ0n) is 11.3. The summed E-state index contributed by atoms with van der Waals surface area (Å²) < 4.78 is 13.9. The first-order valence-corrected chi connectivity index (χ1v) is 6.89. The molecule has 1 N–H and O–H groups in total. The summed E-state index contributed by atoms with van der Waals surface area (Å²) in [5.74, 6) is -1.23. The highest BCUT2D eigenvalue weighted by Crippen LogP contribution is 2.20. The summed E-state index contributed by atoms with van der Waals surface area (Å²) in [6, 6.07) is 13.6.